The van der Waals surface area contributed by atoms with E-state index in [1.807, 2.05) is 12.3 Å². The molecule has 21 heavy (non-hydrogen) atoms. The molecule has 2 unspecified atom stereocenters. The van der Waals surface area contributed by atoms with Crippen molar-refractivity contribution in [2.45, 2.75) is 52.0 Å². The van der Waals surface area contributed by atoms with Crippen LogP contribution in [0, 0.1) is 11.8 Å². The van der Waals surface area contributed by atoms with E-state index in [1.54, 1.807) is 0 Å². The molecular weight excluding hydrogens is 328 g/mol. The quantitative estimate of drug-likeness (QED) is 0.795. The summed E-state index contributed by atoms with van der Waals surface area (Å²) in [6.07, 6.45) is 9.71. The summed E-state index contributed by atoms with van der Waals surface area (Å²) in [5, 5.41) is 0. The van der Waals surface area contributed by atoms with E-state index in [-0.39, 0.29) is 5.91 Å². The highest BCUT2D eigenvalue weighted by molar-refractivity contribution is 9.10. The molecular formula is C17H25BrN2O. The number of carbonyl (C=O) groups excluding carboxylic acids is 1. The maximum atomic E-state index is 12.9. The molecule has 1 aromatic heterocycles. The number of aromatic nitrogens is 1. The number of nitrogens with zero attached hydrogens (tertiary/aromatic N) is 2. The van der Waals surface area contributed by atoms with Crippen LogP contribution in [0.4, 0.5) is 0 Å². The molecule has 1 aliphatic heterocycles. The summed E-state index contributed by atoms with van der Waals surface area (Å²) in [5.41, 5.74) is 0.845. The van der Waals surface area contributed by atoms with E-state index in [0.717, 1.165) is 48.1 Å². The number of hydrogen-bond acceptors (Lipinski definition) is 1. The number of halogens is 1. The lowest BCUT2D eigenvalue weighted by Crippen LogP contribution is -2.45. The first-order valence-corrected chi connectivity index (χ1v) is 9.13. The molecule has 0 spiro atoms. The average Bonchev–Trinajstić information content (AvgIpc) is 2.87. The number of rotatable bonds is 3. The maximum absolute atomic E-state index is 12.9. The van der Waals surface area contributed by atoms with Crippen molar-refractivity contribution in [1.82, 2.24) is 9.47 Å². The number of aryl methyl sites for hydroxylation is 1. The van der Waals surface area contributed by atoms with Crippen molar-refractivity contribution in [3.8, 4) is 0 Å². The zero-order valence-electron chi connectivity index (χ0n) is 12.9. The van der Waals surface area contributed by atoms with Gasteiger partial charge in [-0.3, -0.25) is 4.79 Å². The van der Waals surface area contributed by atoms with Gasteiger partial charge in [0.05, 0.1) is 0 Å². The monoisotopic (exact) mass is 352 g/mol. The first-order chi connectivity index (χ1) is 10.2. The molecule has 0 aromatic carbocycles. The molecule has 1 saturated carbocycles. The Kier molecular flexibility index (Phi) is 4.72. The molecule has 2 atom stereocenters. The van der Waals surface area contributed by atoms with Crippen molar-refractivity contribution < 1.29 is 4.79 Å². The van der Waals surface area contributed by atoms with E-state index in [4.69, 9.17) is 0 Å². The van der Waals surface area contributed by atoms with Crippen molar-refractivity contribution >= 4 is 21.8 Å². The smallest absolute Gasteiger partial charge is 0.270 e. The van der Waals surface area contributed by atoms with Gasteiger partial charge in [0, 0.05) is 30.3 Å². The van der Waals surface area contributed by atoms with Crippen LogP contribution in [-0.4, -0.2) is 28.5 Å². The van der Waals surface area contributed by atoms with E-state index in [0.29, 0.717) is 0 Å². The fourth-order valence-corrected chi connectivity index (χ4v) is 4.49. The predicted octanol–water partition coefficient (Wildman–Crippen LogP) is 4.31. The van der Waals surface area contributed by atoms with E-state index in [9.17, 15) is 4.79 Å². The summed E-state index contributed by atoms with van der Waals surface area (Å²) in [5.74, 6) is 1.84. The van der Waals surface area contributed by atoms with Crippen LogP contribution in [0.3, 0.4) is 0 Å². The minimum absolute atomic E-state index is 0.221. The standard InChI is InChI=1S/C17H25BrN2O/c1-2-8-19-12-15(18)10-16(19)17(21)20-9-7-13-5-3-4-6-14(13)11-20/h10,12-14H,2-9,11H2,1H3. The molecule has 0 N–H and O–H groups in total. The number of hydrogen-bond donors (Lipinski definition) is 0. The Bertz CT molecular complexity index is 511. The van der Waals surface area contributed by atoms with Crippen molar-refractivity contribution in [3.63, 3.8) is 0 Å². The molecule has 3 nitrogen and oxygen atoms in total. The highest BCUT2D eigenvalue weighted by Crippen LogP contribution is 2.36. The van der Waals surface area contributed by atoms with E-state index in [2.05, 4.69) is 32.3 Å². The van der Waals surface area contributed by atoms with Crippen molar-refractivity contribution in [3.05, 3.63) is 22.4 Å². The third-order valence-corrected chi connectivity index (χ3v) is 5.56. The summed E-state index contributed by atoms with van der Waals surface area (Å²) in [6, 6.07) is 1.98. The molecule has 1 aromatic rings. The van der Waals surface area contributed by atoms with Gasteiger partial charge < -0.3 is 9.47 Å². The van der Waals surface area contributed by atoms with E-state index >= 15 is 0 Å². The normalized spacial score (nSPS) is 25.7. The number of likely N-dealkylation sites (tertiary alicyclic amines) is 1. The predicted molar refractivity (Wildman–Crippen MR) is 88.4 cm³/mol. The number of carbonyl (C=O) groups is 1. The lowest BCUT2D eigenvalue weighted by molar-refractivity contribution is 0.0511. The lowest BCUT2D eigenvalue weighted by atomic mass is 9.75. The van der Waals surface area contributed by atoms with Gasteiger partial charge in [-0.25, -0.2) is 0 Å². The van der Waals surface area contributed by atoms with Crippen LogP contribution in [-0.2, 0) is 6.54 Å². The minimum Gasteiger partial charge on any atom is -0.342 e. The van der Waals surface area contributed by atoms with Crippen molar-refractivity contribution in [2.24, 2.45) is 11.8 Å². The SMILES string of the molecule is CCCn1cc(Br)cc1C(=O)N1CCC2CCCCC2C1. The van der Waals surface area contributed by atoms with Crippen LogP contribution in [0.5, 0.6) is 0 Å². The van der Waals surface area contributed by atoms with Gasteiger partial charge in [-0.05, 0) is 53.1 Å². The highest BCUT2D eigenvalue weighted by atomic mass is 79.9. The Morgan fingerprint density at radius 1 is 1.29 bits per heavy atom. The fraction of sp³-hybridized carbons (Fsp3) is 0.706. The largest absolute Gasteiger partial charge is 0.342 e. The fourth-order valence-electron chi connectivity index (χ4n) is 4.03. The summed E-state index contributed by atoms with van der Waals surface area (Å²) in [4.78, 5) is 15.0. The Morgan fingerprint density at radius 2 is 2.05 bits per heavy atom. The lowest BCUT2D eigenvalue weighted by Gasteiger charge is -2.41. The summed E-state index contributed by atoms with van der Waals surface area (Å²) >= 11 is 3.51. The Morgan fingerprint density at radius 3 is 2.81 bits per heavy atom. The average molecular weight is 353 g/mol. The van der Waals surface area contributed by atoms with Gasteiger partial charge in [0.1, 0.15) is 5.69 Å². The van der Waals surface area contributed by atoms with Crippen molar-refractivity contribution in [1.29, 1.82) is 0 Å². The third-order valence-electron chi connectivity index (χ3n) is 5.13. The first kappa shape index (κ1) is 15.1. The Labute approximate surface area is 135 Å². The van der Waals surface area contributed by atoms with Gasteiger partial charge >= 0.3 is 0 Å². The Hall–Kier alpha value is -0.770. The molecule has 1 aliphatic carbocycles. The Balaban J connectivity index is 1.73. The maximum Gasteiger partial charge on any atom is 0.270 e. The van der Waals surface area contributed by atoms with Crippen LogP contribution < -0.4 is 0 Å². The second kappa shape index (κ2) is 6.55. The van der Waals surface area contributed by atoms with Crippen LogP contribution in [0.25, 0.3) is 0 Å². The van der Waals surface area contributed by atoms with Gasteiger partial charge in [0.25, 0.3) is 5.91 Å². The molecule has 2 heterocycles. The summed E-state index contributed by atoms with van der Waals surface area (Å²) in [7, 11) is 0. The second-order valence-electron chi connectivity index (χ2n) is 6.58. The molecule has 1 amide bonds. The van der Waals surface area contributed by atoms with E-state index < -0.39 is 0 Å². The highest BCUT2D eigenvalue weighted by Gasteiger charge is 2.33. The van der Waals surface area contributed by atoms with Gasteiger partial charge in [0.15, 0.2) is 0 Å². The molecule has 1 saturated heterocycles. The molecule has 4 heteroatoms. The van der Waals surface area contributed by atoms with Crippen LogP contribution >= 0.6 is 15.9 Å². The molecule has 3 rings (SSSR count). The van der Waals surface area contributed by atoms with Crippen LogP contribution in [0.15, 0.2) is 16.7 Å². The van der Waals surface area contributed by atoms with Crippen LogP contribution in [0.1, 0.15) is 55.9 Å². The molecule has 116 valence electrons. The minimum atomic E-state index is 0.221. The third kappa shape index (κ3) is 3.20. The van der Waals surface area contributed by atoms with Gasteiger partial charge in [-0.1, -0.05) is 26.2 Å². The first-order valence-electron chi connectivity index (χ1n) is 8.34. The zero-order valence-corrected chi connectivity index (χ0v) is 14.4. The zero-order chi connectivity index (χ0) is 14.8. The van der Waals surface area contributed by atoms with Crippen LogP contribution in [0.2, 0.25) is 0 Å². The summed E-state index contributed by atoms with van der Waals surface area (Å²) in [6.45, 7) is 4.97. The second-order valence-corrected chi connectivity index (χ2v) is 7.50. The topological polar surface area (TPSA) is 25.2 Å². The molecule has 0 radical (unpaired) electrons. The van der Waals surface area contributed by atoms with Gasteiger partial charge in [-0.15, -0.1) is 0 Å². The number of piperidine rings is 1. The van der Waals surface area contributed by atoms with E-state index in [1.165, 1.54) is 32.1 Å². The summed E-state index contributed by atoms with van der Waals surface area (Å²) < 4.78 is 3.10. The van der Waals surface area contributed by atoms with Gasteiger partial charge in [-0.2, -0.15) is 0 Å². The number of amides is 1. The van der Waals surface area contributed by atoms with Crippen molar-refractivity contribution in [2.75, 3.05) is 13.1 Å². The molecule has 2 aliphatic rings. The number of fused-ring (bicyclic) bond motifs is 1. The molecule has 2 fully saturated rings. The molecule has 0 bridgehead atoms. The van der Waals surface area contributed by atoms with Gasteiger partial charge in [0.2, 0.25) is 0 Å².